The molecule has 27 heavy (non-hydrogen) atoms. The minimum atomic E-state index is -3.78. The zero-order chi connectivity index (χ0) is 19.3. The second-order valence-corrected chi connectivity index (χ2v) is 7.94. The van der Waals surface area contributed by atoms with Gasteiger partial charge < -0.3 is 15.0 Å². The molecule has 11 heteroatoms. The smallest absolute Gasteiger partial charge is 0.240 e. The van der Waals surface area contributed by atoms with Crippen LogP contribution in [-0.2, 0) is 14.8 Å². The Hall–Kier alpha value is -2.01. The van der Waals surface area contributed by atoms with Crippen LogP contribution in [0.2, 0.25) is 5.02 Å². The fraction of sp³-hybridized carbons (Fsp3) is 0.375. The molecule has 1 aliphatic heterocycles. The van der Waals surface area contributed by atoms with Gasteiger partial charge in [-0.1, -0.05) is 11.6 Å². The second kappa shape index (κ2) is 8.79. The van der Waals surface area contributed by atoms with E-state index in [9.17, 15) is 12.8 Å². The Bertz CT molecular complexity index is 893. The summed E-state index contributed by atoms with van der Waals surface area (Å²) in [6.07, 6.45) is 1.46. The molecule has 0 radical (unpaired) electrons. The van der Waals surface area contributed by atoms with E-state index in [1.807, 2.05) is 0 Å². The molecule has 0 bridgehead atoms. The number of anilines is 2. The molecule has 3 rings (SSSR count). The number of halogens is 2. The predicted molar refractivity (Wildman–Crippen MR) is 100 cm³/mol. The molecule has 146 valence electrons. The molecule has 1 aromatic carbocycles. The molecule has 2 aromatic rings. The Kier molecular flexibility index (Phi) is 6.42. The predicted octanol–water partition coefficient (Wildman–Crippen LogP) is 1.50. The van der Waals surface area contributed by atoms with Crippen molar-refractivity contribution in [2.45, 2.75) is 4.90 Å². The van der Waals surface area contributed by atoms with E-state index in [2.05, 4.69) is 24.9 Å². The number of morpholine rings is 1. The molecule has 0 saturated carbocycles. The summed E-state index contributed by atoms with van der Waals surface area (Å²) in [5, 5.41) is 2.80. The van der Waals surface area contributed by atoms with Crippen LogP contribution in [0.3, 0.4) is 0 Å². The van der Waals surface area contributed by atoms with Crippen molar-refractivity contribution >= 4 is 33.3 Å². The zero-order valence-electron chi connectivity index (χ0n) is 14.4. The van der Waals surface area contributed by atoms with E-state index in [1.165, 1.54) is 6.33 Å². The fourth-order valence-corrected chi connectivity index (χ4v) is 3.82. The molecule has 2 heterocycles. The molecule has 0 aliphatic carbocycles. The van der Waals surface area contributed by atoms with E-state index in [4.69, 9.17) is 16.3 Å². The molecule has 0 amide bonds. The topological polar surface area (TPSA) is 96.5 Å². The number of hydrogen-bond donors (Lipinski definition) is 2. The summed E-state index contributed by atoms with van der Waals surface area (Å²) in [5.74, 6) is 0.713. The van der Waals surface area contributed by atoms with Crippen molar-refractivity contribution in [2.24, 2.45) is 0 Å². The molecule has 0 unspecified atom stereocenters. The standard InChI is InChI=1S/C16H19ClFN5O3S/c17-13-9-12(1-2-14(13)18)27(24,25)22-4-3-19-15-10-16(21-11-20-15)23-5-7-26-8-6-23/h1-2,9-11,22H,3-8H2,(H,19,20,21). The summed E-state index contributed by atoms with van der Waals surface area (Å²) in [7, 11) is -3.78. The maximum atomic E-state index is 13.2. The van der Waals surface area contributed by atoms with Crippen molar-refractivity contribution in [1.82, 2.24) is 14.7 Å². The SMILES string of the molecule is O=S(=O)(NCCNc1cc(N2CCOCC2)ncn1)c1ccc(F)c(Cl)c1. The summed E-state index contributed by atoms with van der Waals surface area (Å²) in [4.78, 5) is 10.4. The Morgan fingerprint density at radius 1 is 1.19 bits per heavy atom. The van der Waals surface area contributed by atoms with Crippen LogP contribution in [0, 0.1) is 5.82 Å². The lowest BCUT2D eigenvalue weighted by atomic mass is 10.3. The van der Waals surface area contributed by atoms with Crippen molar-refractivity contribution in [3.8, 4) is 0 Å². The number of sulfonamides is 1. The fourth-order valence-electron chi connectivity index (χ4n) is 2.51. The molecular formula is C16H19ClFN5O3S. The number of nitrogens with zero attached hydrogens (tertiary/aromatic N) is 3. The first-order chi connectivity index (χ1) is 13.0. The molecule has 8 nitrogen and oxygen atoms in total. The largest absolute Gasteiger partial charge is 0.378 e. The lowest BCUT2D eigenvalue weighted by molar-refractivity contribution is 0.122. The Labute approximate surface area is 161 Å². The highest BCUT2D eigenvalue weighted by molar-refractivity contribution is 7.89. The first-order valence-electron chi connectivity index (χ1n) is 8.29. The number of rotatable bonds is 7. The van der Waals surface area contributed by atoms with Gasteiger partial charge in [0.1, 0.15) is 23.8 Å². The molecule has 1 saturated heterocycles. The lowest BCUT2D eigenvalue weighted by Gasteiger charge is -2.27. The summed E-state index contributed by atoms with van der Waals surface area (Å²) in [6, 6.07) is 5.06. The maximum Gasteiger partial charge on any atom is 0.240 e. The van der Waals surface area contributed by atoms with Crippen molar-refractivity contribution in [3.63, 3.8) is 0 Å². The van der Waals surface area contributed by atoms with E-state index >= 15 is 0 Å². The third-order valence-electron chi connectivity index (χ3n) is 3.91. The number of benzene rings is 1. The average Bonchev–Trinajstić information content (AvgIpc) is 2.68. The second-order valence-electron chi connectivity index (χ2n) is 5.76. The maximum absolute atomic E-state index is 13.2. The third kappa shape index (κ3) is 5.25. The van der Waals surface area contributed by atoms with Gasteiger partial charge >= 0.3 is 0 Å². The van der Waals surface area contributed by atoms with Crippen molar-refractivity contribution in [3.05, 3.63) is 41.4 Å². The van der Waals surface area contributed by atoms with Crippen molar-refractivity contribution in [1.29, 1.82) is 0 Å². The lowest BCUT2D eigenvalue weighted by Crippen LogP contribution is -2.36. The number of nitrogens with one attached hydrogen (secondary N) is 2. The summed E-state index contributed by atoms with van der Waals surface area (Å²) in [5.41, 5.74) is 0. The minimum Gasteiger partial charge on any atom is -0.378 e. The van der Waals surface area contributed by atoms with Crippen LogP contribution in [-0.4, -0.2) is 57.8 Å². The van der Waals surface area contributed by atoms with Crippen LogP contribution in [0.1, 0.15) is 0 Å². The minimum absolute atomic E-state index is 0.0921. The van der Waals surface area contributed by atoms with Crippen molar-refractivity contribution in [2.75, 3.05) is 49.6 Å². The van der Waals surface area contributed by atoms with Gasteiger partial charge in [-0.15, -0.1) is 0 Å². The third-order valence-corrected chi connectivity index (χ3v) is 5.66. The number of hydrogen-bond acceptors (Lipinski definition) is 7. The highest BCUT2D eigenvalue weighted by atomic mass is 35.5. The van der Waals surface area contributed by atoms with Gasteiger partial charge in [-0.25, -0.2) is 27.5 Å². The molecular weight excluding hydrogens is 397 g/mol. The Balaban J connectivity index is 1.53. The monoisotopic (exact) mass is 415 g/mol. The molecule has 0 atom stereocenters. The van der Waals surface area contributed by atoms with E-state index in [0.29, 0.717) is 25.6 Å². The molecule has 1 aliphatic rings. The van der Waals surface area contributed by atoms with Crippen LogP contribution < -0.4 is 14.9 Å². The van der Waals surface area contributed by atoms with E-state index < -0.39 is 15.8 Å². The van der Waals surface area contributed by atoms with Crippen LogP contribution in [0.15, 0.2) is 35.5 Å². The highest BCUT2D eigenvalue weighted by Crippen LogP contribution is 2.19. The van der Waals surface area contributed by atoms with Crippen molar-refractivity contribution < 1.29 is 17.5 Å². The first kappa shape index (κ1) is 19.7. The zero-order valence-corrected chi connectivity index (χ0v) is 15.9. The summed E-state index contributed by atoms with van der Waals surface area (Å²) in [6.45, 7) is 3.26. The number of ether oxygens (including phenoxy) is 1. The van der Waals surface area contributed by atoms with Gasteiger partial charge in [-0.05, 0) is 18.2 Å². The summed E-state index contributed by atoms with van der Waals surface area (Å²) < 4.78 is 45.3. The molecule has 2 N–H and O–H groups in total. The first-order valence-corrected chi connectivity index (χ1v) is 10.2. The van der Waals surface area contributed by atoms with Gasteiger partial charge in [0.05, 0.1) is 23.1 Å². The van der Waals surface area contributed by atoms with Crippen LogP contribution in [0.4, 0.5) is 16.0 Å². The van der Waals surface area contributed by atoms with E-state index in [0.717, 1.165) is 37.1 Å². The van der Waals surface area contributed by atoms with Gasteiger partial charge in [-0.2, -0.15) is 0 Å². The van der Waals surface area contributed by atoms with E-state index in [1.54, 1.807) is 6.07 Å². The highest BCUT2D eigenvalue weighted by Gasteiger charge is 2.16. The normalized spacial score (nSPS) is 15.0. The van der Waals surface area contributed by atoms with Crippen LogP contribution in [0.5, 0.6) is 0 Å². The van der Waals surface area contributed by atoms with Gasteiger partial charge in [0.25, 0.3) is 0 Å². The average molecular weight is 416 g/mol. The quantitative estimate of drug-likeness (QED) is 0.661. The van der Waals surface area contributed by atoms with Crippen LogP contribution >= 0.6 is 11.6 Å². The molecule has 1 aromatic heterocycles. The Morgan fingerprint density at radius 2 is 1.96 bits per heavy atom. The van der Waals surface area contributed by atoms with Gasteiger partial charge in [0.15, 0.2) is 0 Å². The van der Waals surface area contributed by atoms with E-state index in [-0.39, 0.29) is 16.5 Å². The van der Waals surface area contributed by atoms with Gasteiger partial charge in [-0.3, -0.25) is 0 Å². The van der Waals surface area contributed by atoms with Crippen LogP contribution in [0.25, 0.3) is 0 Å². The Morgan fingerprint density at radius 3 is 2.70 bits per heavy atom. The van der Waals surface area contributed by atoms with Gasteiger partial charge in [0.2, 0.25) is 10.0 Å². The molecule has 1 fully saturated rings. The number of aromatic nitrogens is 2. The molecule has 0 spiro atoms. The summed E-state index contributed by atoms with van der Waals surface area (Å²) >= 11 is 5.63. The van der Waals surface area contributed by atoms with Gasteiger partial charge in [0, 0.05) is 32.2 Å².